The molecular weight excluding hydrogens is 326 g/mol. The van der Waals surface area contributed by atoms with E-state index in [1.807, 2.05) is 13.8 Å². The van der Waals surface area contributed by atoms with Gasteiger partial charge in [-0.05, 0) is 45.3 Å². The van der Waals surface area contributed by atoms with Crippen molar-refractivity contribution in [3.63, 3.8) is 0 Å². The zero-order valence-electron chi connectivity index (χ0n) is 16.0. The van der Waals surface area contributed by atoms with Crippen molar-refractivity contribution in [3.05, 3.63) is 53.2 Å². The molecule has 1 aromatic carbocycles. The Bertz CT molecular complexity index is 700. The van der Waals surface area contributed by atoms with Crippen molar-refractivity contribution in [1.82, 2.24) is 20.5 Å². The summed E-state index contributed by atoms with van der Waals surface area (Å²) in [7, 11) is 1.79. The Morgan fingerprint density at radius 3 is 2.54 bits per heavy atom. The summed E-state index contributed by atoms with van der Waals surface area (Å²) in [4.78, 5) is 11.3. The molecule has 3 rings (SSSR count). The van der Waals surface area contributed by atoms with Crippen LogP contribution in [-0.2, 0) is 6.54 Å². The van der Waals surface area contributed by atoms with E-state index in [1.165, 1.54) is 18.4 Å². The van der Waals surface area contributed by atoms with E-state index < -0.39 is 0 Å². The van der Waals surface area contributed by atoms with Crippen LogP contribution in [0.4, 0.5) is 0 Å². The minimum atomic E-state index is 0.350. The van der Waals surface area contributed by atoms with Crippen LogP contribution in [0.3, 0.4) is 0 Å². The van der Waals surface area contributed by atoms with E-state index in [-0.39, 0.29) is 0 Å². The lowest BCUT2D eigenvalue weighted by molar-refractivity contribution is 0.245. The predicted molar refractivity (Wildman–Crippen MR) is 104 cm³/mol. The number of aromatic nitrogens is 1. The smallest absolute Gasteiger partial charge is 0.214 e. The maximum Gasteiger partial charge on any atom is 0.214 e. The molecule has 26 heavy (non-hydrogen) atoms. The number of likely N-dealkylation sites (tertiary alicyclic amines) is 1. The van der Waals surface area contributed by atoms with Crippen molar-refractivity contribution in [2.24, 2.45) is 4.99 Å². The third-order valence-corrected chi connectivity index (χ3v) is 4.93. The fourth-order valence-electron chi connectivity index (χ4n) is 3.37. The average molecular weight is 355 g/mol. The average Bonchev–Trinajstić information content (AvgIpc) is 3.29. The highest BCUT2D eigenvalue weighted by atomic mass is 16.4. The van der Waals surface area contributed by atoms with Gasteiger partial charge < -0.3 is 15.1 Å². The molecule has 2 N–H and O–H groups in total. The molecule has 0 spiro atoms. The molecule has 1 aliphatic rings. The normalized spacial score (nSPS) is 16.7. The number of rotatable bonds is 6. The molecule has 1 atom stereocenters. The first-order valence-corrected chi connectivity index (χ1v) is 9.34. The quantitative estimate of drug-likeness (QED) is 0.616. The number of nitrogens with zero attached hydrogens (tertiary/aromatic N) is 3. The van der Waals surface area contributed by atoms with Crippen LogP contribution < -0.4 is 10.6 Å². The predicted octanol–water partition coefficient (Wildman–Crippen LogP) is 2.79. The van der Waals surface area contributed by atoms with Gasteiger partial charge in [0.1, 0.15) is 5.76 Å². The van der Waals surface area contributed by atoms with Gasteiger partial charge in [-0.2, -0.15) is 0 Å². The Balaban J connectivity index is 1.59. The molecule has 0 saturated carbocycles. The van der Waals surface area contributed by atoms with Crippen LogP contribution in [0.2, 0.25) is 0 Å². The number of nitrogens with one attached hydrogen (secondary N) is 2. The number of aliphatic imine (C=N–C) groups is 1. The second-order valence-electron chi connectivity index (χ2n) is 6.73. The van der Waals surface area contributed by atoms with Crippen LogP contribution >= 0.6 is 0 Å². The number of hydrogen-bond donors (Lipinski definition) is 2. The zero-order chi connectivity index (χ0) is 18.4. The number of aryl methyl sites for hydroxylation is 2. The minimum absolute atomic E-state index is 0.350. The lowest BCUT2D eigenvalue weighted by Gasteiger charge is -2.28. The standard InChI is InChI=1S/C20H29N5O/c1-15-16(2)26-19(24-15)14-23-20(21-3)22-13-18(25-11-7-8-12-25)17-9-5-4-6-10-17/h4-6,9-10,18H,7-8,11-14H2,1-3H3,(H2,21,22,23). The molecule has 6 heteroatoms. The second kappa shape index (κ2) is 8.85. The summed E-state index contributed by atoms with van der Waals surface area (Å²) in [6, 6.07) is 11.1. The molecular formula is C20H29N5O. The number of benzene rings is 1. The summed E-state index contributed by atoms with van der Waals surface area (Å²) >= 11 is 0. The van der Waals surface area contributed by atoms with Gasteiger partial charge >= 0.3 is 0 Å². The lowest BCUT2D eigenvalue weighted by atomic mass is 10.1. The fraction of sp³-hybridized carbons (Fsp3) is 0.500. The van der Waals surface area contributed by atoms with Gasteiger partial charge in [-0.25, -0.2) is 4.98 Å². The van der Waals surface area contributed by atoms with Gasteiger partial charge in [0.2, 0.25) is 5.89 Å². The number of oxazole rings is 1. The monoisotopic (exact) mass is 355 g/mol. The third kappa shape index (κ3) is 4.64. The molecule has 0 radical (unpaired) electrons. The molecule has 0 amide bonds. The van der Waals surface area contributed by atoms with E-state index in [1.54, 1.807) is 7.05 Å². The molecule has 0 bridgehead atoms. The van der Waals surface area contributed by atoms with Gasteiger partial charge in [-0.15, -0.1) is 0 Å². The van der Waals surface area contributed by atoms with E-state index in [4.69, 9.17) is 4.42 Å². The SMILES string of the molecule is CN=C(NCc1nc(C)c(C)o1)NCC(c1ccccc1)N1CCCC1. The Kier molecular flexibility index (Phi) is 6.28. The first-order valence-electron chi connectivity index (χ1n) is 9.34. The van der Waals surface area contributed by atoms with E-state index in [0.29, 0.717) is 18.5 Å². The van der Waals surface area contributed by atoms with Crippen molar-refractivity contribution in [1.29, 1.82) is 0 Å². The van der Waals surface area contributed by atoms with Crippen molar-refractivity contribution < 1.29 is 4.42 Å². The molecule has 1 aromatic heterocycles. The summed E-state index contributed by atoms with van der Waals surface area (Å²) in [5.74, 6) is 2.31. The topological polar surface area (TPSA) is 65.7 Å². The van der Waals surface area contributed by atoms with Gasteiger partial charge in [0, 0.05) is 13.6 Å². The summed E-state index contributed by atoms with van der Waals surface area (Å²) in [6.07, 6.45) is 2.55. The largest absolute Gasteiger partial charge is 0.444 e. The van der Waals surface area contributed by atoms with Gasteiger partial charge in [-0.1, -0.05) is 30.3 Å². The minimum Gasteiger partial charge on any atom is -0.444 e. The molecule has 1 saturated heterocycles. The molecule has 2 heterocycles. The molecule has 6 nitrogen and oxygen atoms in total. The first kappa shape index (κ1) is 18.5. The number of hydrogen-bond acceptors (Lipinski definition) is 4. The lowest BCUT2D eigenvalue weighted by Crippen LogP contribution is -2.42. The van der Waals surface area contributed by atoms with Crippen molar-refractivity contribution >= 4 is 5.96 Å². The molecule has 140 valence electrons. The van der Waals surface area contributed by atoms with Gasteiger partial charge in [0.05, 0.1) is 18.3 Å². The van der Waals surface area contributed by atoms with Gasteiger partial charge in [0.25, 0.3) is 0 Å². The van der Waals surface area contributed by atoms with Crippen LogP contribution in [0, 0.1) is 13.8 Å². The van der Waals surface area contributed by atoms with Crippen molar-refractivity contribution in [2.75, 3.05) is 26.7 Å². The summed E-state index contributed by atoms with van der Waals surface area (Å²) in [5, 5.41) is 6.75. The van der Waals surface area contributed by atoms with E-state index in [9.17, 15) is 0 Å². The number of guanidine groups is 1. The summed E-state index contributed by atoms with van der Waals surface area (Å²) in [6.45, 7) is 7.53. The van der Waals surface area contributed by atoms with Crippen molar-refractivity contribution in [2.45, 2.75) is 39.3 Å². The van der Waals surface area contributed by atoms with Crippen LogP contribution in [0.15, 0.2) is 39.7 Å². The Morgan fingerprint density at radius 2 is 1.92 bits per heavy atom. The molecule has 0 aliphatic carbocycles. The maximum absolute atomic E-state index is 5.62. The fourth-order valence-corrected chi connectivity index (χ4v) is 3.37. The van der Waals surface area contributed by atoms with Crippen molar-refractivity contribution in [3.8, 4) is 0 Å². The first-order chi connectivity index (χ1) is 12.7. The summed E-state index contributed by atoms with van der Waals surface area (Å²) in [5.41, 5.74) is 2.28. The highest BCUT2D eigenvalue weighted by Gasteiger charge is 2.23. The van der Waals surface area contributed by atoms with Crippen LogP contribution in [-0.4, -0.2) is 42.5 Å². The van der Waals surface area contributed by atoms with Crippen LogP contribution in [0.25, 0.3) is 0 Å². The van der Waals surface area contributed by atoms with E-state index in [2.05, 4.69) is 55.8 Å². The maximum atomic E-state index is 5.62. The van der Waals surface area contributed by atoms with Gasteiger partial charge in [-0.3, -0.25) is 9.89 Å². The van der Waals surface area contributed by atoms with Crippen LogP contribution in [0.5, 0.6) is 0 Å². The highest BCUT2D eigenvalue weighted by molar-refractivity contribution is 5.79. The molecule has 2 aromatic rings. The highest BCUT2D eigenvalue weighted by Crippen LogP contribution is 2.24. The Hall–Kier alpha value is -2.34. The van der Waals surface area contributed by atoms with E-state index in [0.717, 1.165) is 37.0 Å². The van der Waals surface area contributed by atoms with Crippen LogP contribution in [0.1, 0.15) is 41.8 Å². The third-order valence-electron chi connectivity index (χ3n) is 4.93. The second-order valence-corrected chi connectivity index (χ2v) is 6.73. The molecule has 1 aliphatic heterocycles. The van der Waals surface area contributed by atoms with E-state index >= 15 is 0 Å². The van der Waals surface area contributed by atoms with Gasteiger partial charge in [0.15, 0.2) is 5.96 Å². The molecule has 1 fully saturated rings. The Labute approximate surface area is 155 Å². The Morgan fingerprint density at radius 1 is 1.19 bits per heavy atom. The molecule has 1 unspecified atom stereocenters. The summed E-state index contributed by atoms with van der Waals surface area (Å²) < 4.78 is 5.62. The zero-order valence-corrected chi connectivity index (χ0v) is 16.0.